The predicted molar refractivity (Wildman–Crippen MR) is 201 cm³/mol. The van der Waals surface area contributed by atoms with Gasteiger partial charge in [-0.15, -0.1) is 0 Å². The van der Waals surface area contributed by atoms with Crippen molar-refractivity contribution in [3.63, 3.8) is 0 Å². The summed E-state index contributed by atoms with van der Waals surface area (Å²) in [4.78, 5) is 0. The molecular weight excluding hydrogens is 567 g/mol. The molecule has 0 atom stereocenters. The van der Waals surface area contributed by atoms with Crippen LogP contribution < -0.4 is 0 Å². The van der Waals surface area contributed by atoms with Crippen LogP contribution in [0.15, 0.2) is 170 Å². The Morgan fingerprint density at radius 2 is 0.787 bits per heavy atom. The molecule has 0 aliphatic carbocycles. The van der Waals surface area contributed by atoms with Crippen molar-refractivity contribution >= 4 is 21.5 Å². The molecule has 7 aromatic carbocycles. The largest absolute Gasteiger partial charge is 0.309 e. The van der Waals surface area contributed by atoms with Crippen molar-refractivity contribution in [2.75, 3.05) is 0 Å². The van der Waals surface area contributed by atoms with Crippen molar-refractivity contribution in [2.24, 2.45) is 0 Å². The van der Waals surface area contributed by atoms with Crippen molar-refractivity contribution < 1.29 is 0 Å². The first-order chi connectivity index (χ1) is 23.0. The molecule has 0 radical (unpaired) electrons. The molecule has 0 saturated heterocycles. The normalized spacial score (nSPS) is 11.7. The van der Waals surface area contributed by atoms with Crippen LogP contribution in [-0.4, -0.2) is 4.57 Å². The van der Waals surface area contributed by atoms with Crippen LogP contribution in [0.25, 0.3) is 72.0 Å². The van der Waals surface area contributed by atoms with Gasteiger partial charge in [0.15, 0.2) is 0 Å². The molecule has 0 aliphatic rings. The van der Waals surface area contributed by atoms with Gasteiger partial charge in [0, 0.05) is 5.69 Å². The average molecular weight is 604 g/mol. The average Bonchev–Trinajstić information content (AvgIpc) is 3.57. The van der Waals surface area contributed by atoms with Gasteiger partial charge in [0.05, 0.1) is 11.4 Å². The number of nitrogens with zero attached hydrogens (tertiary/aromatic N) is 1. The van der Waals surface area contributed by atoms with E-state index in [0.29, 0.717) is 0 Å². The minimum atomic E-state index is 0.0957. The van der Waals surface area contributed by atoms with Crippen LogP contribution in [0.4, 0.5) is 0 Å². The van der Waals surface area contributed by atoms with E-state index in [9.17, 15) is 0 Å². The van der Waals surface area contributed by atoms with Crippen molar-refractivity contribution in [2.45, 2.75) is 26.2 Å². The van der Waals surface area contributed by atoms with E-state index in [1.807, 2.05) is 0 Å². The molecule has 47 heavy (non-hydrogen) atoms. The molecule has 0 unspecified atom stereocenters. The van der Waals surface area contributed by atoms with Gasteiger partial charge in [0.2, 0.25) is 0 Å². The lowest BCUT2D eigenvalue weighted by Gasteiger charge is -2.22. The zero-order valence-corrected chi connectivity index (χ0v) is 27.1. The van der Waals surface area contributed by atoms with Crippen molar-refractivity contribution in [1.29, 1.82) is 0 Å². The van der Waals surface area contributed by atoms with E-state index >= 15 is 0 Å². The Morgan fingerprint density at radius 3 is 1.30 bits per heavy atom. The Balaban J connectivity index is 1.46. The van der Waals surface area contributed by atoms with Gasteiger partial charge in [0.1, 0.15) is 0 Å². The van der Waals surface area contributed by atoms with Gasteiger partial charge in [0.25, 0.3) is 0 Å². The third kappa shape index (κ3) is 5.15. The number of hydrogen-bond donors (Lipinski definition) is 0. The Kier molecular flexibility index (Phi) is 7.11. The molecule has 0 aliphatic heterocycles. The Morgan fingerprint density at radius 1 is 0.362 bits per heavy atom. The summed E-state index contributed by atoms with van der Waals surface area (Å²) in [5.41, 5.74) is 12.3. The lowest BCUT2D eigenvalue weighted by Crippen LogP contribution is -2.10. The molecule has 8 aromatic rings. The molecule has 0 fully saturated rings. The van der Waals surface area contributed by atoms with E-state index in [-0.39, 0.29) is 5.41 Å². The summed E-state index contributed by atoms with van der Waals surface area (Å²) in [7, 11) is 0. The summed E-state index contributed by atoms with van der Waals surface area (Å²) in [6.45, 7) is 6.83. The van der Waals surface area contributed by atoms with Gasteiger partial charge in [-0.3, -0.25) is 0 Å². The third-order valence-corrected chi connectivity index (χ3v) is 9.39. The topological polar surface area (TPSA) is 4.93 Å². The summed E-state index contributed by atoms with van der Waals surface area (Å²) < 4.78 is 2.42. The fourth-order valence-electron chi connectivity index (χ4n) is 7.05. The predicted octanol–water partition coefficient (Wildman–Crippen LogP) is 12.7. The molecule has 1 aromatic heterocycles. The molecule has 1 nitrogen and oxygen atoms in total. The van der Waals surface area contributed by atoms with E-state index in [2.05, 4.69) is 195 Å². The molecule has 226 valence electrons. The van der Waals surface area contributed by atoms with E-state index in [4.69, 9.17) is 0 Å². The number of benzene rings is 7. The number of hydrogen-bond acceptors (Lipinski definition) is 0. The van der Waals surface area contributed by atoms with Crippen LogP contribution in [0.1, 0.15) is 26.3 Å². The molecule has 0 spiro atoms. The molecule has 0 amide bonds. The first-order valence-electron chi connectivity index (χ1n) is 16.5. The first kappa shape index (κ1) is 28.8. The maximum absolute atomic E-state index is 2.42. The number of rotatable bonds is 5. The highest BCUT2D eigenvalue weighted by Gasteiger charge is 2.20. The maximum Gasteiger partial charge on any atom is 0.0535 e. The van der Waals surface area contributed by atoms with Gasteiger partial charge in [-0.05, 0) is 90.2 Å². The summed E-state index contributed by atoms with van der Waals surface area (Å²) in [6.07, 6.45) is 0. The zero-order valence-electron chi connectivity index (χ0n) is 27.1. The summed E-state index contributed by atoms with van der Waals surface area (Å²) >= 11 is 0. The van der Waals surface area contributed by atoms with Crippen molar-refractivity contribution in [3.05, 3.63) is 175 Å². The molecule has 0 saturated carbocycles. The second-order valence-electron chi connectivity index (χ2n) is 13.4. The summed E-state index contributed by atoms with van der Waals surface area (Å²) in [5, 5.41) is 5.03. The molecule has 1 heterocycles. The van der Waals surface area contributed by atoms with E-state index in [1.165, 1.54) is 71.9 Å². The number of aromatic nitrogens is 1. The van der Waals surface area contributed by atoms with Crippen molar-refractivity contribution in [3.8, 4) is 50.5 Å². The van der Waals surface area contributed by atoms with Crippen LogP contribution in [0.2, 0.25) is 0 Å². The second-order valence-corrected chi connectivity index (χ2v) is 13.4. The molecule has 8 rings (SSSR count). The quantitative estimate of drug-likeness (QED) is 0.172. The minimum absolute atomic E-state index is 0.0957. The minimum Gasteiger partial charge on any atom is -0.309 e. The fourth-order valence-corrected chi connectivity index (χ4v) is 7.05. The van der Waals surface area contributed by atoms with Crippen LogP contribution in [0, 0.1) is 0 Å². The van der Waals surface area contributed by atoms with Gasteiger partial charge >= 0.3 is 0 Å². The van der Waals surface area contributed by atoms with E-state index in [0.717, 1.165) is 5.69 Å². The third-order valence-electron chi connectivity index (χ3n) is 9.39. The number of fused-ring (bicyclic) bond motifs is 2. The molecule has 1 heteroatoms. The van der Waals surface area contributed by atoms with Gasteiger partial charge < -0.3 is 4.57 Å². The Hall–Kier alpha value is -5.66. The van der Waals surface area contributed by atoms with E-state index in [1.54, 1.807) is 0 Å². The van der Waals surface area contributed by atoms with Gasteiger partial charge in [-0.1, -0.05) is 166 Å². The second kappa shape index (κ2) is 11.6. The van der Waals surface area contributed by atoms with E-state index < -0.39 is 0 Å². The van der Waals surface area contributed by atoms with Crippen molar-refractivity contribution in [1.82, 2.24) is 4.57 Å². The van der Waals surface area contributed by atoms with Gasteiger partial charge in [-0.2, -0.15) is 0 Å². The standard InChI is InChI=1S/C46H37N/c1-46(2,3)36-25-23-35(24-26-36)44-38-21-13-14-22-39(38)45(34-19-11-6-12-20-34)41-31-37(27-28-40(41)44)47-42(32-15-7-4-8-16-32)29-30-43(47)33-17-9-5-10-18-33/h4-31H,1-3H3. The van der Waals surface area contributed by atoms with Crippen LogP contribution in [-0.2, 0) is 5.41 Å². The lowest BCUT2D eigenvalue weighted by molar-refractivity contribution is 0.590. The zero-order chi connectivity index (χ0) is 32.0. The molecule has 0 N–H and O–H groups in total. The van der Waals surface area contributed by atoms with Crippen LogP contribution >= 0.6 is 0 Å². The summed E-state index contributed by atoms with van der Waals surface area (Å²) in [6, 6.07) is 62.0. The smallest absolute Gasteiger partial charge is 0.0535 e. The molecule has 0 bridgehead atoms. The monoisotopic (exact) mass is 603 g/mol. The maximum atomic E-state index is 2.42. The first-order valence-corrected chi connectivity index (χ1v) is 16.5. The summed E-state index contributed by atoms with van der Waals surface area (Å²) in [5.74, 6) is 0. The highest BCUT2D eigenvalue weighted by molar-refractivity contribution is 6.21. The van der Waals surface area contributed by atoms with Crippen LogP contribution in [0.5, 0.6) is 0 Å². The van der Waals surface area contributed by atoms with Gasteiger partial charge in [-0.25, -0.2) is 0 Å². The SMILES string of the molecule is CC(C)(C)c1ccc(-c2c3ccccc3c(-c3ccccc3)c3cc(-n4c(-c5ccccc5)ccc4-c4ccccc4)ccc23)cc1. The Bertz CT molecular complexity index is 2280. The van der Waals surface area contributed by atoms with Crippen LogP contribution in [0.3, 0.4) is 0 Å². The lowest BCUT2D eigenvalue weighted by atomic mass is 9.83. The highest BCUT2D eigenvalue weighted by atomic mass is 15.0. The highest BCUT2D eigenvalue weighted by Crippen LogP contribution is 2.45. The Labute approximate surface area is 277 Å². The fraction of sp³-hybridized carbons (Fsp3) is 0.0870. The molecular formula is C46H37N.